The van der Waals surface area contributed by atoms with Gasteiger partial charge in [-0.05, 0) is 25.0 Å². The first-order valence-electron chi connectivity index (χ1n) is 7.47. The van der Waals surface area contributed by atoms with Crippen molar-refractivity contribution in [3.8, 4) is 0 Å². The molecule has 2 aliphatic rings. The molecule has 0 radical (unpaired) electrons. The summed E-state index contributed by atoms with van der Waals surface area (Å²) in [6.45, 7) is 3.80. The van der Waals surface area contributed by atoms with E-state index >= 15 is 0 Å². The van der Waals surface area contributed by atoms with Gasteiger partial charge in [0.2, 0.25) is 10.0 Å². The van der Waals surface area contributed by atoms with Crippen LogP contribution in [0.5, 0.6) is 0 Å². The Morgan fingerprint density at radius 3 is 2.48 bits per heavy atom. The van der Waals surface area contributed by atoms with Crippen LogP contribution in [0.3, 0.4) is 0 Å². The normalized spacial score (nSPS) is 21.4. The highest BCUT2D eigenvalue weighted by molar-refractivity contribution is 7.89. The fourth-order valence-corrected chi connectivity index (χ4v) is 4.52. The van der Waals surface area contributed by atoms with E-state index in [4.69, 9.17) is 4.74 Å². The monoisotopic (exact) mass is 311 g/mol. The maximum atomic E-state index is 12.9. The highest BCUT2D eigenvalue weighted by atomic mass is 32.2. The summed E-state index contributed by atoms with van der Waals surface area (Å²) in [5.41, 5.74) is 0. The molecule has 0 spiro atoms. The van der Waals surface area contributed by atoms with Crippen molar-refractivity contribution in [2.45, 2.75) is 24.2 Å². The van der Waals surface area contributed by atoms with Crippen LogP contribution < -0.4 is 4.90 Å². The largest absolute Gasteiger partial charge is 0.378 e. The Kier molecular flexibility index (Phi) is 4.42. The number of ether oxygens (including phenoxy) is 1. The fraction of sp³-hybridized carbons (Fsp3) is 0.643. The van der Waals surface area contributed by atoms with E-state index in [1.807, 2.05) is 4.90 Å². The Labute approximate surface area is 125 Å². The Hall–Kier alpha value is -1.18. The predicted molar refractivity (Wildman–Crippen MR) is 79.9 cm³/mol. The predicted octanol–water partition coefficient (Wildman–Crippen LogP) is 1.09. The number of anilines is 1. The Morgan fingerprint density at radius 1 is 1.05 bits per heavy atom. The summed E-state index contributed by atoms with van der Waals surface area (Å²) in [4.78, 5) is 6.66. The average Bonchev–Trinajstić information content (AvgIpc) is 2.56. The molecule has 2 fully saturated rings. The third-order valence-corrected chi connectivity index (χ3v) is 5.91. The van der Waals surface area contributed by atoms with Crippen LogP contribution in [0, 0.1) is 0 Å². The van der Waals surface area contributed by atoms with Crippen LogP contribution in [0.25, 0.3) is 0 Å². The van der Waals surface area contributed by atoms with Gasteiger partial charge < -0.3 is 9.64 Å². The standard InChI is InChI=1S/C14H21N3O3S/c18-21(19,17-7-2-1-3-8-17)13-5-4-6-15-14(13)16-9-11-20-12-10-16/h4-6H,1-3,7-12H2. The zero-order valence-electron chi connectivity index (χ0n) is 12.1. The lowest BCUT2D eigenvalue weighted by atomic mass is 10.2. The number of hydrogen-bond acceptors (Lipinski definition) is 5. The molecule has 0 atom stereocenters. The molecule has 0 unspecified atom stereocenters. The molecular formula is C14H21N3O3S. The molecule has 116 valence electrons. The van der Waals surface area contributed by atoms with E-state index < -0.39 is 10.0 Å². The van der Waals surface area contributed by atoms with Crippen molar-refractivity contribution in [2.75, 3.05) is 44.3 Å². The third kappa shape index (κ3) is 3.04. The van der Waals surface area contributed by atoms with Gasteiger partial charge in [-0.25, -0.2) is 13.4 Å². The minimum atomic E-state index is -3.45. The van der Waals surface area contributed by atoms with Crippen LogP contribution in [-0.4, -0.2) is 57.1 Å². The number of sulfonamides is 1. The van der Waals surface area contributed by atoms with Gasteiger partial charge >= 0.3 is 0 Å². The lowest BCUT2D eigenvalue weighted by molar-refractivity contribution is 0.122. The van der Waals surface area contributed by atoms with Crippen molar-refractivity contribution >= 4 is 15.8 Å². The summed E-state index contributed by atoms with van der Waals surface area (Å²) in [7, 11) is -3.45. The highest BCUT2D eigenvalue weighted by Crippen LogP contribution is 2.27. The lowest BCUT2D eigenvalue weighted by Crippen LogP contribution is -2.40. The molecule has 0 saturated carbocycles. The fourth-order valence-electron chi connectivity index (χ4n) is 2.84. The summed E-state index contributed by atoms with van der Waals surface area (Å²) in [5.74, 6) is 0.561. The first kappa shape index (κ1) is 14.7. The number of piperidine rings is 1. The average molecular weight is 311 g/mol. The number of pyridine rings is 1. The summed E-state index contributed by atoms with van der Waals surface area (Å²) in [5, 5.41) is 0. The minimum absolute atomic E-state index is 0.328. The van der Waals surface area contributed by atoms with Crippen molar-refractivity contribution in [3.05, 3.63) is 18.3 Å². The van der Waals surface area contributed by atoms with Crippen molar-refractivity contribution in [2.24, 2.45) is 0 Å². The smallest absolute Gasteiger partial charge is 0.246 e. The van der Waals surface area contributed by atoms with Gasteiger partial charge in [-0.15, -0.1) is 0 Å². The molecule has 0 amide bonds. The molecule has 3 heterocycles. The van der Waals surface area contributed by atoms with Crippen molar-refractivity contribution in [3.63, 3.8) is 0 Å². The SMILES string of the molecule is O=S(=O)(c1cccnc1N1CCOCC1)N1CCCCC1. The number of morpholine rings is 1. The van der Waals surface area contributed by atoms with Crippen LogP contribution in [-0.2, 0) is 14.8 Å². The first-order chi connectivity index (χ1) is 10.2. The summed E-state index contributed by atoms with van der Waals surface area (Å²) in [6.07, 6.45) is 4.63. The van der Waals surface area contributed by atoms with Crippen LogP contribution in [0.2, 0.25) is 0 Å². The second-order valence-corrected chi connectivity index (χ2v) is 7.30. The Bertz CT molecular complexity index is 579. The maximum Gasteiger partial charge on any atom is 0.246 e. The molecule has 6 nitrogen and oxygen atoms in total. The summed E-state index contributed by atoms with van der Waals surface area (Å²) >= 11 is 0. The van der Waals surface area contributed by atoms with E-state index in [0.717, 1.165) is 19.3 Å². The van der Waals surface area contributed by atoms with Crippen LogP contribution in [0.4, 0.5) is 5.82 Å². The van der Waals surface area contributed by atoms with Gasteiger partial charge in [0, 0.05) is 32.4 Å². The molecule has 1 aromatic heterocycles. The molecule has 1 aromatic rings. The van der Waals surface area contributed by atoms with E-state index in [1.54, 1.807) is 22.6 Å². The second kappa shape index (κ2) is 6.29. The Balaban J connectivity index is 1.93. The van der Waals surface area contributed by atoms with Crippen LogP contribution in [0.1, 0.15) is 19.3 Å². The Morgan fingerprint density at radius 2 is 1.76 bits per heavy atom. The molecule has 7 heteroatoms. The number of aromatic nitrogens is 1. The minimum Gasteiger partial charge on any atom is -0.378 e. The number of hydrogen-bond donors (Lipinski definition) is 0. The summed E-state index contributed by atoms with van der Waals surface area (Å²) in [6, 6.07) is 3.36. The van der Waals surface area contributed by atoms with Gasteiger partial charge in [0.15, 0.2) is 0 Å². The van der Waals surface area contributed by atoms with E-state index in [0.29, 0.717) is 50.1 Å². The van der Waals surface area contributed by atoms with Crippen molar-refractivity contribution < 1.29 is 13.2 Å². The maximum absolute atomic E-state index is 12.9. The van der Waals surface area contributed by atoms with Gasteiger partial charge in [-0.2, -0.15) is 4.31 Å². The molecule has 0 aromatic carbocycles. The highest BCUT2D eigenvalue weighted by Gasteiger charge is 2.30. The lowest BCUT2D eigenvalue weighted by Gasteiger charge is -2.31. The molecule has 0 aliphatic carbocycles. The topological polar surface area (TPSA) is 62.7 Å². The van der Waals surface area contributed by atoms with Gasteiger partial charge in [-0.1, -0.05) is 6.42 Å². The molecule has 2 aliphatic heterocycles. The number of nitrogens with zero attached hydrogens (tertiary/aromatic N) is 3. The molecule has 3 rings (SSSR count). The van der Waals surface area contributed by atoms with Crippen molar-refractivity contribution in [1.82, 2.24) is 9.29 Å². The molecule has 0 bridgehead atoms. The van der Waals surface area contributed by atoms with Crippen molar-refractivity contribution in [1.29, 1.82) is 0 Å². The summed E-state index contributed by atoms with van der Waals surface area (Å²) < 4.78 is 32.7. The van der Waals surface area contributed by atoms with E-state index in [1.165, 1.54) is 0 Å². The molecule has 21 heavy (non-hydrogen) atoms. The van der Waals surface area contributed by atoms with Gasteiger partial charge in [-0.3, -0.25) is 0 Å². The molecule has 0 N–H and O–H groups in total. The molecular weight excluding hydrogens is 290 g/mol. The van der Waals surface area contributed by atoms with Gasteiger partial charge in [0.25, 0.3) is 0 Å². The van der Waals surface area contributed by atoms with E-state index in [2.05, 4.69) is 4.98 Å². The van der Waals surface area contributed by atoms with E-state index in [-0.39, 0.29) is 0 Å². The van der Waals surface area contributed by atoms with Crippen LogP contribution in [0.15, 0.2) is 23.2 Å². The van der Waals surface area contributed by atoms with Crippen LogP contribution >= 0.6 is 0 Å². The first-order valence-corrected chi connectivity index (χ1v) is 8.91. The third-order valence-electron chi connectivity index (χ3n) is 3.99. The van der Waals surface area contributed by atoms with E-state index in [9.17, 15) is 8.42 Å². The van der Waals surface area contributed by atoms with Gasteiger partial charge in [0.05, 0.1) is 13.2 Å². The molecule has 2 saturated heterocycles. The second-order valence-electron chi connectivity index (χ2n) is 5.39. The zero-order valence-corrected chi connectivity index (χ0v) is 12.9. The zero-order chi connectivity index (χ0) is 14.7. The number of rotatable bonds is 3. The van der Waals surface area contributed by atoms with Gasteiger partial charge in [0.1, 0.15) is 10.7 Å². The quantitative estimate of drug-likeness (QED) is 0.836.